The van der Waals surface area contributed by atoms with Gasteiger partial charge in [-0.25, -0.2) is 0 Å². The first-order valence-corrected chi connectivity index (χ1v) is 5.46. The molecular formula is C13H17N3O. The summed E-state index contributed by atoms with van der Waals surface area (Å²) in [5.74, 6) is -0.0835. The maximum Gasteiger partial charge on any atom is 0.238 e. The maximum absolute atomic E-state index is 11.3. The summed E-state index contributed by atoms with van der Waals surface area (Å²) >= 11 is 0. The van der Waals surface area contributed by atoms with E-state index in [0.29, 0.717) is 0 Å². The molecule has 0 atom stereocenters. The second-order valence-corrected chi connectivity index (χ2v) is 4.39. The second kappa shape index (κ2) is 5.46. The van der Waals surface area contributed by atoms with Gasteiger partial charge in [0.1, 0.15) is 0 Å². The maximum atomic E-state index is 11.3. The standard InChI is InChI=1S/C13H17N3O/c1-13(2,9-14)10-4-6-11(7-5-10)16-12(17)8-15-3/h4-7,15H,8H2,1-3H3,(H,16,17). The van der Waals surface area contributed by atoms with Crippen LogP contribution in [0.2, 0.25) is 0 Å². The number of nitriles is 1. The Morgan fingerprint density at radius 2 is 1.94 bits per heavy atom. The highest BCUT2D eigenvalue weighted by Crippen LogP contribution is 2.23. The van der Waals surface area contributed by atoms with E-state index in [1.165, 1.54) is 0 Å². The molecule has 4 heteroatoms. The van der Waals surface area contributed by atoms with Crippen LogP contribution < -0.4 is 10.6 Å². The number of carbonyl (C=O) groups excluding carboxylic acids is 1. The van der Waals surface area contributed by atoms with E-state index in [9.17, 15) is 4.79 Å². The fourth-order valence-corrected chi connectivity index (χ4v) is 1.40. The van der Waals surface area contributed by atoms with Crippen molar-refractivity contribution in [1.82, 2.24) is 5.32 Å². The van der Waals surface area contributed by atoms with Gasteiger partial charge in [-0.05, 0) is 38.6 Å². The van der Waals surface area contributed by atoms with Crippen molar-refractivity contribution in [3.05, 3.63) is 29.8 Å². The van der Waals surface area contributed by atoms with Crippen molar-refractivity contribution >= 4 is 11.6 Å². The van der Waals surface area contributed by atoms with E-state index in [-0.39, 0.29) is 12.5 Å². The zero-order valence-corrected chi connectivity index (χ0v) is 10.4. The normalized spacial score (nSPS) is 10.7. The molecule has 1 rings (SSSR count). The van der Waals surface area contributed by atoms with Crippen LogP contribution in [0.3, 0.4) is 0 Å². The molecule has 0 aliphatic carbocycles. The highest BCUT2D eigenvalue weighted by Gasteiger charge is 2.19. The Morgan fingerprint density at radius 1 is 1.35 bits per heavy atom. The average Bonchev–Trinajstić information content (AvgIpc) is 2.30. The van der Waals surface area contributed by atoms with E-state index in [1.807, 2.05) is 38.1 Å². The van der Waals surface area contributed by atoms with Gasteiger partial charge in [0.25, 0.3) is 0 Å². The molecule has 2 N–H and O–H groups in total. The molecule has 1 amide bonds. The van der Waals surface area contributed by atoms with Gasteiger partial charge in [-0.15, -0.1) is 0 Å². The average molecular weight is 231 g/mol. The zero-order chi connectivity index (χ0) is 12.9. The summed E-state index contributed by atoms with van der Waals surface area (Å²) in [5, 5.41) is 14.5. The van der Waals surface area contributed by atoms with Gasteiger partial charge in [0.2, 0.25) is 5.91 Å². The van der Waals surface area contributed by atoms with E-state index >= 15 is 0 Å². The molecule has 0 heterocycles. The van der Waals surface area contributed by atoms with Crippen LogP contribution in [0.5, 0.6) is 0 Å². The Labute approximate surface area is 102 Å². The van der Waals surface area contributed by atoms with Gasteiger partial charge in [0.15, 0.2) is 0 Å². The summed E-state index contributed by atoms with van der Waals surface area (Å²) in [4.78, 5) is 11.3. The molecule has 17 heavy (non-hydrogen) atoms. The number of likely N-dealkylation sites (N-methyl/N-ethyl adjacent to an activating group) is 1. The number of nitrogens with one attached hydrogen (secondary N) is 2. The largest absolute Gasteiger partial charge is 0.325 e. The number of nitrogens with zero attached hydrogens (tertiary/aromatic N) is 1. The molecule has 0 aliphatic rings. The van der Waals surface area contributed by atoms with Gasteiger partial charge in [0, 0.05) is 5.69 Å². The van der Waals surface area contributed by atoms with Crippen LogP contribution in [0.15, 0.2) is 24.3 Å². The van der Waals surface area contributed by atoms with Crippen molar-refractivity contribution in [3.8, 4) is 6.07 Å². The van der Waals surface area contributed by atoms with Crippen molar-refractivity contribution < 1.29 is 4.79 Å². The number of amides is 1. The monoisotopic (exact) mass is 231 g/mol. The lowest BCUT2D eigenvalue weighted by molar-refractivity contribution is -0.115. The highest BCUT2D eigenvalue weighted by molar-refractivity contribution is 5.92. The van der Waals surface area contributed by atoms with Crippen LogP contribution in [0.1, 0.15) is 19.4 Å². The number of benzene rings is 1. The molecule has 4 nitrogen and oxygen atoms in total. The quantitative estimate of drug-likeness (QED) is 0.828. The third kappa shape index (κ3) is 3.58. The Morgan fingerprint density at radius 3 is 2.41 bits per heavy atom. The molecule has 0 spiro atoms. The Bertz CT molecular complexity index is 429. The Kier molecular flexibility index (Phi) is 4.24. The van der Waals surface area contributed by atoms with Crippen LogP contribution in [0, 0.1) is 11.3 Å². The molecule has 0 aliphatic heterocycles. The lowest BCUT2D eigenvalue weighted by Gasteiger charge is -2.16. The summed E-state index contributed by atoms with van der Waals surface area (Å²) in [7, 11) is 1.72. The third-order valence-electron chi connectivity index (χ3n) is 2.51. The number of carbonyl (C=O) groups is 1. The molecule has 0 radical (unpaired) electrons. The molecule has 90 valence electrons. The van der Waals surface area contributed by atoms with E-state index in [2.05, 4.69) is 16.7 Å². The number of anilines is 1. The van der Waals surface area contributed by atoms with Crippen LogP contribution in [0.4, 0.5) is 5.69 Å². The minimum absolute atomic E-state index is 0.0835. The molecule has 1 aromatic carbocycles. The van der Waals surface area contributed by atoms with Gasteiger partial charge in [-0.1, -0.05) is 12.1 Å². The van der Waals surface area contributed by atoms with E-state index < -0.39 is 5.41 Å². The lowest BCUT2D eigenvalue weighted by Crippen LogP contribution is -2.25. The van der Waals surface area contributed by atoms with Gasteiger partial charge >= 0.3 is 0 Å². The van der Waals surface area contributed by atoms with Crippen LogP contribution in [-0.4, -0.2) is 19.5 Å². The molecule has 0 bridgehead atoms. The Balaban J connectivity index is 2.76. The molecule has 0 unspecified atom stereocenters. The third-order valence-corrected chi connectivity index (χ3v) is 2.51. The highest BCUT2D eigenvalue weighted by atomic mass is 16.1. The first-order valence-electron chi connectivity index (χ1n) is 5.46. The smallest absolute Gasteiger partial charge is 0.238 e. The van der Waals surface area contributed by atoms with E-state index in [1.54, 1.807) is 7.05 Å². The molecule has 0 saturated heterocycles. The van der Waals surface area contributed by atoms with Crippen molar-refractivity contribution in [3.63, 3.8) is 0 Å². The molecular weight excluding hydrogens is 214 g/mol. The van der Waals surface area contributed by atoms with Crippen molar-refractivity contribution in [2.24, 2.45) is 0 Å². The topological polar surface area (TPSA) is 64.9 Å². The van der Waals surface area contributed by atoms with Gasteiger partial charge in [0.05, 0.1) is 18.0 Å². The predicted octanol–water partition coefficient (Wildman–Crippen LogP) is 1.65. The van der Waals surface area contributed by atoms with Gasteiger partial charge in [-0.3, -0.25) is 4.79 Å². The minimum Gasteiger partial charge on any atom is -0.325 e. The fourth-order valence-electron chi connectivity index (χ4n) is 1.40. The summed E-state index contributed by atoms with van der Waals surface area (Å²) < 4.78 is 0. The number of hydrogen-bond donors (Lipinski definition) is 2. The van der Waals surface area contributed by atoms with E-state index in [0.717, 1.165) is 11.3 Å². The zero-order valence-electron chi connectivity index (χ0n) is 10.4. The SMILES string of the molecule is CNCC(=O)Nc1ccc(C(C)(C)C#N)cc1. The van der Waals surface area contributed by atoms with Crippen LogP contribution in [-0.2, 0) is 10.2 Å². The van der Waals surface area contributed by atoms with E-state index in [4.69, 9.17) is 5.26 Å². The fraction of sp³-hybridized carbons (Fsp3) is 0.385. The summed E-state index contributed by atoms with van der Waals surface area (Å²) in [6.07, 6.45) is 0. The first kappa shape index (κ1) is 13.2. The van der Waals surface area contributed by atoms with Crippen molar-refractivity contribution in [1.29, 1.82) is 5.26 Å². The van der Waals surface area contributed by atoms with Crippen molar-refractivity contribution in [2.75, 3.05) is 18.9 Å². The minimum atomic E-state index is -0.506. The van der Waals surface area contributed by atoms with Crippen LogP contribution >= 0.6 is 0 Å². The summed E-state index contributed by atoms with van der Waals surface area (Å²) in [5.41, 5.74) is 1.17. The van der Waals surface area contributed by atoms with Gasteiger partial charge in [-0.2, -0.15) is 5.26 Å². The second-order valence-electron chi connectivity index (χ2n) is 4.39. The first-order chi connectivity index (χ1) is 7.99. The van der Waals surface area contributed by atoms with Crippen LogP contribution in [0.25, 0.3) is 0 Å². The summed E-state index contributed by atoms with van der Waals surface area (Å²) in [6, 6.07) is 9.57. The molecule has 0 aromatic heterocycles. The number of hydrogen-bond acceptors (Lipinski definition) is 3. The predicted molar refractivity (Wildman–Crippen MR) is 67.6 cm³/mol. The van der Waals surface area contributed by atoms with Crippen molar-refractivity contribution in [2.45, 2.75) is 19.3 Å². The molecule has 0 fully saturated rings. The molecule has 0 saturated carbocycles. The molecule has 1 aromatic rings. The number of rotatable bonds is 4. The summed E-state index contributed by atoms with van der Waals surface area (Å²) in [6.45, 7) is 4.01. The lowest BCUT2D eigenvalue weighted by atomic mass is 9.86. The Hall–Kier alpha value is -1.86. The van der Waals surface area contributed by atoms with Gasteiger partial charge < -0.3 is 10.6 Å².